The van der Waals surface area contributed by atoms with Crippen molar-refractivity contribution in [2.75, 3.05) is 6.61 Å². The van der Waals surface area contributed by atoms with E-state index in [4.69, 9.17) is 5.11 Å². The molecule has 0 radical (unpaired) electrons. The largest absolute Gasteiger partial charge is 0.396 e. The summed E-state index contributed by atoms with van der Waals surface area (Å²) in [5, 5.41) is 16.6. The Morgan fingerprint density at radius 3 is 2.62 bits per heavy atom. The molecule has 2 N–H and O–H groups in total. The molecule has 130 valence electrons. The van der Waals surface area contributed by atoms with Gasteiger partial charge >= 0.3 is 0 Å². The van der Waals surface area contributed by atoms with Crippen LogP contribution < -0.4 is 5.32 Å². The fraction of sp³-hybridized carbons (Fsp3) is 0.474. The number of carbonyl (C=O) groups excluding carboxylic acids is 1. The molecule has 0 fully saturated rings. The fourth-order valence-electron chi connectivity index (χ4n) is 2.78. The van der Waals surface area contributed by atoms with Crippen LogP contribution in [0.25, 0.3) is 0 Å². The summed E-state index contributed by atoms with van der Waals surface area (Å²) in [5.41, 5.74) is 3.77. The summed E-state index contributed by atoms with van der Waals surface area (Å²) in [6.45, 7) is 8.80. The van der Waals surface area contributed by atoms with Gasteiger partial charge in [-0.3, -0.25) is 9.48 Å². The van der Waals surface area contributed by atoms with Gasteiger partial charge in [-0.05, 0) is 49.9 Å². The highest BCUT2D eigenvalue weighted by Gasteiger charge is 2.17. The lowest BCUT2D eigenvalue weighted by molar-refractivity contribution is 0.0916. The number of amides is 1. The molecule has 0 aliphatic carbocycles. The molecule has 0 bridgehead atoms. The summed E-state index contributed by atoms with van der Waals surface area (Å²) in [4.78, 5) is 12.5. The molecule has 0 spiro atoms. The Bertz CT molecular complexity index is 692. The lowest BCUT2D eigenvalue weighted by atomic mass is 10.0. The van der Waals surface area contributed by atoms with E-state index >= 15 is 0 Å². The van der Waals surface area contributed by atoms with E-state index in [1.807, 2.05) is 62.7 Å². The molecule has 1 atom stereocenters. The standard InChI is InChI=1S/C19H27N3O2/c1-13(2)18(8-9-23)20-19(24)17-7-5-6-16(11-17)12-22-15(4)10-14(3)21-22/h5-7,10-11,13,18,23H,8-9,12H2,1-4H3,(H,20,24). The number of nitrogens with one attached hydrogen (secondary N) is 1. The lowest BCUT2D eigenvalue weighted by Crippen LogP contribution is -2.39. The van der Waals surface area contributed by atoms with Crippen LogP contribution in [-0.4, -0.2) is 33.4 Å². The van der Waals surface area contributed by atoms with Crippen LogP contribution in [0.15, 0.2) is 30.3 Å². The number of aryl methyl sites for hydroxylation is 2. The van der Waals surface area contributed by atoms with Gasteiger partial charge in [-0.25, -0.2) is 0 Å². The molecule has 0 saturated heterocycles. The van der Waals surface area contributed by atoms with Crippen LogP contribution >= 0.6 is 0 Å². The Hall–Kier alpha value is -2.14. The van der Waals surface area contributed by atoms with Crippen molar-refractivity contribution in [2.24, 2.45) is 5.92 Å². The predicted octanol–water partition coefficient (Wildman–Crippen LogP) is 2.69. The quantitative estimate of drug-likeness (QED) is 0.821. The normalized spacial score (nSPS) is 12.4. The molecule has 2 rings (SSSR count). The van der Waals surface area contributed by atoms with E-state index in [-0.39, 0.29) is 24.5 Å². The molecule has 1 aromatic heterocycles. The predicted molar refractivity (Wildman–Crippen MR) is 95.0 cm³/mol. The van der Waals surface area contributed by atoms with Gasteiger partial charge in [0, 0.05) is 23.9 Å². The number of aliphatic hydroxyl groups excluding tert-OH is 1. The minimum Gasteiger partial charge on any atom is -0.396 e. The zero-order chi connectivity index (χ0) is 17.7. The number of benzene rings is 1. The van der Waals surface area contributed by atoms with Crippen molar-refractivity contribution in [3.63, 3.8) is 0 Å². The summed E-state index contributed by atoms with van der Waals surface area (Å²) < 4.78 is 1.94. The highest BCUT2D eigenvalue weighted by molar-refractivity contribution is 5.94. The second-order valence-electron chi connectivity index (χ2n) is 6.62. The van der Waals surface area contributed by atoms with E-state index in [1.54, 1.807) is 0 Å². The molecular formula is C19H27N3O2. The average molecular weight is 329 g/mol. The van der Waals surface area contributed by atoms with Crippen LogP contribution in [0.4, 0.5) is 0 Å². The fourth-order valence-corrected chi connectivity index (χ4v) is 2.78. The number of hydrogen-bond donors (Lipinski definition) is 2. The van der Waals surface area contributed by atoms with E-state index in [0.717, 1.165) is 17.0 Å². The maximum absolute atomic E-state index is 12.5. The minimum atomic E-state index is -0.0997. The van der Waals surface area contributed by atoms with E-state index in [0.29, 0.717) is 18.5 Å². The molecule has 0 aliphatic heterocycles. The number of carbonyl (C=O) groups is 1. The van der Waals surface area contributed by atoms with Crippen molar-refractivity contribution in [3.8, 4) is 0 Å². The van der Waals surface area contributed by atoms with Crippen molar-refractivity contribution >= 4 is 5.91 Å². The minimum absolute atomic E-state index is 0.0258. The molecule has 1 heterocycles. The third-order valence-corrected chi connectivity index (χ3v) is 4.19. The molecule has 1 unspecified atom stereocenters. The molecule has 0 saturated carbocycles. The molecule has 1 amide bonds. The van der Waals surface area contributed by atoms with Crippen molar-refractivity contribution in [2.45, 2.75) is 46.7 Å². The number of aromatic nitrogens is 2. The van der Waals surface area contributed by atoms with Crippen molar-refractivity contribution in [1.29, 1.82) is 0 Å². The van der Waals surface area contributed by atoms with Gasteiger partial charge in [-0.1, -0.05) is 26.0 Å². The van der Waals surface area contributed by atoms with E-state index in [1.165, 1.54) is 0 Å². The van der Waals surface area contributed by atoms with Gasteiger partial charge in [0.05, 0.1) is 12.2 Å². The first-order chi connectivity index (χ1) is 11.4. The summed E-state index contributed by atoms with van der Waals surface area (Å²) in [5.74, 6) is 0.177. The summed E-state index contributed by atoms with van der Waals surface area (Å²) in [6, 6.07) is 9.63. The second-order valence-corrected chi connectivity index (χ2v) is 6.62. The van der Waals surface area contributed by atoms with Crippen molar-refractivity contribution in [1.82, 2.24) is 15.1 Å². The first kappa shape index (κ1) is 18.2. The molecule has 2 aromatic rings. The molecule has 0 aliphatic rings. The van der Waals surface area contributed by atoms with Crippen molar-refractivity contribution in [3.05, 3.63) is 52.8 Å². The van der Waals surface area contributed by atoms with Crippen LogP contribution in [-0.2, 0) is 6.54 Å². The smallest absolute Gasteiger partial charge is 0.251 e. The first-order valence-electron chi connectivity index (χ1n) is 8.42. The zero-order valence-electron chi connectivity index (χ0n) is 14.9. The zero-order valence-corrected chi connectivity index (χ0v) is 14.9. The van der Waals surface area contributed by atoms with Crippen LogP contribution in [0.1, 0.15) is 47.6 Å². The van der Waals surface area contributed by atoms with Gasteiger partial charge in [0.1, 0.15) is 0 Å². The molecule has 1 aromatic carbocycles. The average Bonchev–Trinajstić information content (AvgIpc) is 2.84. The Morgan fingerprint density at radius 1 is 1.29 bits per heavy atom. The van der Waals surface area contributed by atoms with Crippen LogP contribution in [0, 0.1) is 19.8 Å². The van der Waals surface area contributed by atoms with E-state index in [9.17, 15) is 4.79 Å². The lowest BCUT2D eigenvalue weighted by Gasteiger charge is -2.21. The van der Waals surface area contributed by atoms with Crippen LogP contribution in [0.5, 0.6) is 0 Å². The third-order valence-electron chi connectivity index (χ3n) is 4.19. The molecular weight excluding hydrogens is 302 g/mol. The maximum atomic E-state index is 12.5. The van der Waals surface area contributed by atoms with E-state index < -0.39 is 0 Å². The van der Waals surface area contributed by atoms with Gasteiger partial charge in [-0.2, -0.15) is 5.10 Å². The number of nitrogens with zero attached hydrogens (tertiary/aromatic N) is 2. The topological polar surface area (TPSA) is 67.2 Å². The van der Waals surface area contributed by atoms with Crippen LogP contribution in [0.3, 0.4) is 0 Å². The van der Waals surface area contributed by atoms with Gasteiger partial charge < -0.3 is 10.4 Å². The number of hydrogen-bond acceptors (Lipinski definition) is 3. The van der Waals surface area contributed by atoms with Gasteiger partial charge in [0.15, 0.2) is 0 Å². The SMILES string of the molecule is Cc1cc(C)n(Cc2cccc(C(=O)NC(CCO)C(C)C)c2)n1. The molecule has 5 heteroatoms. The van der Waals surface area contributed by atoms with Gasteiger partial charge in [0.2, 0.25) is 0 Å². The number of aliphatic hydroxyl groups is 1. The Morgan fingerprint density at radius 2 is 2.04 bits per heavy atom. The highest BCUT2D eigenvalue weighted by atomic mass is 16.3. The Labute approximate surface area is 143 Å². The Kier molecular flexibility index (Phi) is 6.15. The number of rotatable bonds is 7. The summed E-state index contributed by atoms with van der Waals surface area (Å²) in [6.07, 6.45) is 0.564. The third kappa shape index (κ3) is 4.68. The highest BCUT2D eigenvalue weighted by Crippen LogP contribution is 2.12. The molecule has 24 heavy (non-hydrogen) atoms. The molecule has 5 nitrogen and oxygen atoms in total. The van der Waals surface area contributed by atoms with Gasteiger partial charge in [0.25, 0.3) is 5.91 Å². The first-order valence-corrected chi connectivity index (χ1v) is 8.42. The summed E-state index contributed by atoms with van der Waals surface area (Å²) >= 11 is 0. The second kappa shape index (κ2) is 8.11. The van der Waals surface area contributed by atoms with E-state index in [2.05, 4.69) is 10.4 Å². The van der Waals surface area contributed by atoms with Gasteiger partial charge in [-0.15, -0.1) is 0 Å². The maximum Gasteiger partial charge on any atom is 0.251 e. The van der Waals surface area contributed by atoms with Crippen LogP contribution in [0.2, 0.25) is 0 Å². The Balaban J connectivity index is 2.11. The summed E-state index contributed by atoms with van der Waals surface area (Å²) in [7, 11) is 0. The monoisotopic (exact) mass is 329 g/mol. The van der Waals surface area contributed by atoms with Crippen molar-refractivity contribution < 1.29 is 9.90 Å².